The molecule has 0 radical (unpaired) electrons. The van der Waals surface area contributed by atoms with E-state index in [9.17, 15) is 26.4 Å². The SMILES string of the molecule is C=C(Cc1ccc(C[SH](=O)=O)c(C(F)(F)F)c1)C(=O)OC1CCCCC1. The molecule has 0 unspecified atom stereocenters. The van der Waals surface area contributed by atoms with Crippen LogP contribution in [0.5, 0.6) is 0 Å². The highest BCUT2D eigenvalue weighted by molar-refractivity contribution is 7.71. The third-order valence-electron chi connectivity index (χ3n) is 4.31. The summed E-state index contributed by atoms with van der Waals surface area (Å²) in [5.74, 6) is -1.29. The van der Waals surface area contributed by atoms with Gasteiger partial charge in [-0.05, 0) is 42.9 Å². The van der Waals surface area contributed by atoms with Crippen molar-refractivity contribution in [1.82, 2.24) is 0 Å². The van der Waals surface area contributed by atoms with E-state index in [2.05, 4.69) is 6.58 Å². The lowest BCUT2D eigenvalue weighted by atomic mass is 9.97. The number of halogens is 3. The molecule has 4 nitrogen and oxygen atoms in total. The highest BCUT2D eigenvalue weighted by Gasteiger charge is 2.33. The molecule has 26 heavy (non-hydrogen) atoms. The molecule has 0 atom stereocenters. The van der Waals surface area contributed by atoms with Gasteiger partial charge >= 0.3 is 12.1 Å². The van der Waals surface area contributed by atoms with Gasteiger partial charge in [-0.15, -0.1) is 0 Å². The van der Waals surface area contributed by atoms with Crippen molar-refractivity contribution in [2.24, 2.45) is 0 Å². The Hall–Kier alpha value is -1.83. The molecule has 1 aliphatic carbocycles. The van der Waals surface area contributed by atoms with Crippen LogP contribution in [0.15, 0.2) is 30.4 Å². The van der Waals surface area contributed by atoms with Gasteiger partial charge in [-0.2, -0.15) is 13.2 Å². The lowest BCUT2D eigenvalue weighted by molar-refractivity contribution is -0.145. The number of esters is 1. The van der Waals surface area contributed by atoms with Gasteiger partial charge in [0.2, 0.25) is 0 Å². The van der Waals surface area contributed by atoms with Crippen LogP contribution < -0.4 is 0 Å². The van der Waals surface area contributed by atoms with E-state index < -0.39 is 34.2 Å². The maximum Gasteiger partial charge on any atom is 0.416 e. The van der Waals surface area contributed by atoms with E-state index in [1.165, 1.54) is 6.07 Å². The quantitative estimate of drug-likeness (QED) is 0.456. The molecule has 0 N–H and O–H groups in total. The Morgan fingerprint density at radius 1 is 1.19 bits per heavy atom. The van der Waals surface area contributed by atoms with E-state index in [-0.39, 0.29) is 29.2 Å². The summed E-state index contributed by atoms with van der Waals surface area (Å²) in [4.78, 5) is 12.1. The normalized spacial score (nSPS) is 15.8. The fourth-order valence-electron chi connectivity index (χ4n) is 3.01. The standard InChI is InChI=1S/C18H21F3O4S/c1-12(17(22)25-15-5-3-2-4-6-15)9-13-7-8-14(11-26(23)24)16(10-13)18(19,20)21/h7-8,10,15,26H,1-6,9,11H2. The van der Waals surface area contributed by atoms with Gasteiger partial charge in [-0.1, -0.05) is 25.1 Å². The zero-order valence-electron chi connectivity index (χ0n) is 14.2. The Morgan fingerprint density at radius 2 is 1.85 bits per heavy atom. The zero-order chi connectivity index (χ0) is 19.3. The minimum atomic E-state index is -4.68. The molecule has 1 aromatic carbocycles. The maximum absolute atomic E-state index is 13.2. The van der Waals surface area contributed by atoms with Crippen molar-refractivity contribution in [3.8, 4) is 0 Å². The summed E-state index contributed by atoms with van der Waals surface area (Å²) in [5.41, 5.74) is -1.02. The van der Waals surface area contributed by atoms with Crippen molar-refractivity contribution in [3.05, 3.63) is 47.0 Å². The minimum Gasteiger partial charge on any atom is -0.459 e. The molecule has 8 heteroatoms. The first-order chi connectivity index (χ1) is 12.2. The van der Waals surface area contributed by atoms with Crippen LogP contribution in [0.1, 0.15) is 48.8 Å². The van der Waals surface area contributed by atoms with E-state index in [0.717, 1.165) is 44.2 Å². The first-order valence-corrected chi connectivity index (χ1v) is 9.72. The number of carbonyl (C=O) groups excluding carboxylic acids is 1. The van der Waals surface area contributed by atoms with Crippen LogP contribution in [-0.2, 0) is 38.6 Å². The third-order valence-corrected chi connectivity index (χ3v) is 4.91. The summed E-state index contributed by atoms with van der Waals surface area (Å²) in [5, 5.41) is 0. The largest absolute Gasteiger partial charge is 0.459 e. The van der Waals surface area contributed by atoms with Gasteiger partial charge in [0, 0.05) is 12.0 Å². The van der Waals surface area contributed by atoms with E-state index in [0.29, 0.717) is 0 Å². The highest BCUT2D eigenvalue weighted by atomic mass is 32.2. The number of hydrogen-bond donors (Lipinski definition) is 1. The Bertz CT molecular complexity index is 739. The van der Waals surface area contributed by atoms with E-state index in [4.69, 9.17) is 4.74 Å². The van der Waals surface area contributed by atoms with Crippen LogP contribution in [0.2, 0.25) is 0 Å². The highest BCUT2D eigenvalue weighted by Crippen LogP contribution is 2.33. The molecule has 0 spiro atoms. The molecule has 0 amide bonds. The fraction of sp³-hybridized carbons (Fsp3) is 0.500. The predicted octanol–water partition coefficient (Wildman–Crippen LogP) is 3.79. The van der Waals surface area contributed by atoms with Crippen LogP contribution in [0.4, 0.5) is 13.2 Å². The lowest BCUT2D eigenvalue weighted by Gasteiger charge is -2.22. The Morgan fingerprint density at radius 3 is 2.42 bits per heavy atom. The molecule has 0 heterocycles. The molecule has 1 fully saturated rings. The van der Waals surface area contributed by atoms with Gasteiger partial charge in [-0.25, -0.2) is 13.2 Å². The number of alkyl halides is 3. The first kappa shape index (κ1) is 20.5. The maximum atomic E-state index is 13.2. The van der Waals surface area contributed by atoms with Crippen molar-refractivity contribution >= 4 is 16.7 Å². The van der Waals surface area contributed by atoms with Gasteiger partial charge in [0.1, 0.15) is 16.8 Å². The van der Waals surface area contributed by atoms with Crippen molar-refractivity contribution in [2.75, 3.05) is 0 Å². The molecule has 1 aromatic rings. The summed E-state index contributed by atoms with van der Waals surface area (Å²) in [6.07, 6.45) is -0.255. The van der Waals surface area contributed by atoms with Crippen LogP contribution in [0, 0.1) is 0 Å². The second-order valence-electron chi connectivity index (χ2n) is 6.43. The van der Waals surface area contributed by atoms with Crippen LogP contribution in [-0.4, -0.2) is 20.5 Å². The lowest BCUT2D eigenvalue weighted by Crippen LogP contribution is -2.22. The summed E-state index contributed by atoms with van der Waals surface area (Å²) in [6.45, 7) is 3.63. The Balaban J connectivity index is 2.10. The van der Waals surface area contributed by atoms with Crippen LogP contribution in [0.25, 0.3) is 0 Å². The number of rotatable bonds is 6. The Kier molecular flexibility index (Phi) is 6.86. The monoisotopic (exact) mass is 390 g/mol. The average molecular weight is 390 g/mol. The number of carbonyl (C=O) groups is 1. The topological polar surface area (TPSA) is 60.4 Å². The molecular weight excluding hydrogens is 369 g/mol. The molecule has 144 valence electrons. The van der Waals surface area contributed by atoms with Crippen molar-refractivity contribution in [3.63, 3.8) is 0 Å². The zero-order valence-corrected chi connectivity index (χ0v) is 15.1. The molecule has 1 saturated carbocycles. The van der Waals surface area contributed by atoms with E-state index in [1.807, 2.05) is 0 Å². The summed E-state index contributed by atoms with van der Waals surface area (Å²) >= 11 is 0. The Labute approximate surface area is 152 Å². The minimum absolute atomic E-state index is 0.0753. The van der Waals surface area contributed by atoms with Gasteiger partial charge in [0.15, 0.2) is 0 Å². The molecule has 0 aromatic heterocycles. The molecule has 0 aliphatic heterocycles. The molecule has 0 bridgehead atoms. The summed E-state index contributed by atoms with van der Waals surface area (Å²) in [7, 11) is -2.98. The van der Waals surface area contributed by atoms with Gasteiger partial charge < -0.3 is 4.74 Å². The van der Waals surface area contributed by atoms with Crippen LogP contribution in [0.3, 0.4) is 0 Å². The average Bonchev–Trinajstić information content (AvgIpc) is 2.55. The molecule has 2 rings (SSSR count). The number of hydrogen-bond acceptors (Lipinski definition) is 4. The second kappa shape index (κ2) is 8.70. The fourth-order valence-corrected chi connectivity index (χ4v) is 3.56. The van der Waals surface area contributed by atoms with Crippen LogP contribution >= 0.6 is 0 Å². The van der Waals surface area contributed by atoms with E-state index >= 15 is 0 Å². The first-order valence-electron chi connectivity index (χ1n) is 8.36. The summed E-state index contributed by atoms with van der Waals surface area (Å²) in [6, 6.07) is 3.37. The van der Waals surface area contributed by atoms with E-state index in [1.54, 1.807) is 0 Å². The summed E-state index contributed by atoms with van der Waals surface area (Å²) < 4.78 is 66.4. The molecule has 1 aliphatic rings. The smallest absolute Gasteiger partial charge is 0.416 e. The van der Waals surface area contributed by atoms with Gasteiger partial charge in [0.05, 0.1) is 11.3 Å². The number of ether oxygens (including phenoxy) is 1. The van der Waals surface area contributed by atoms with Gasteiger partial charge in [0.25, 0.3) is 0 Å². The van der Waals surface area contributed by atoms with Crippen molar-refractivity contribution in [1.29, 1.82) is 0 Å². The van der Waals surface area contributed by atoms with Crippen molar-refractivity contribution in [2.45, 2.75) is 56.6 Å². The molecule has 0 saturated heterocycles. The predicted molar refractivity (Wildman–Crippen MR) is 91.3 cm³/mol. The number of benzene rings is 1. The second-order valence-corrected chi connectivity index (χ2v) is 7.41. The number of thiol groups is 1. The molecular formula is C18H21F3O4S. The third kappa shape index (κ3) is 5.86. The van der Waals surface area contributed by atoms with Crippen molar-refractivity contribution < 1.29 is 31.1 Å². The van der Waals surface area contributed by atoms with Gasteiger partial charge in [-0.3, -0.25) is 0 Å².